The zero-order valence-electron chi connectivity index (χ0n) is 23.1. The van der Waals surface area contributed by atoms with Crippen molar-refractivity contribution in [1.29, 1.82) is 0 Å². The molecule has 0 atom stereocenters. The molecule has 3 N–H and O–H groups in total. The molecular weight excluding hydrogens is 573 g/mol. The van der Waals surface area contributed by atoms with Gasteiger partial charge in [0.1, 0.15) is 17.5 Å². The maximum Gasteiger partial charge on any atom is 0.335 e. The summed E-state index contributed by atoms with van der Waals surface area (Å²) in [5.41, 5.74) is 4.69. The van der Waals surface area contributed by atoms with Crippen LogP contribution in [0, 0.1) is 28.9 Å². The van der Waals surface area contributed by atoms with Gasteiger partial charge >= 0.3 is 17.9 Å². The van der Waals surface area contributed by atoms with Gasteiger partial charge in [0.15, 0.2) is 0 Å². The Morgan fingerprint density at radius 2 is 0.829 bits per heavy atom. The molecule has 0 saturated heterocycles. The van der Waals surface area contributed by atoms with Gasteiger partial charge in [-0.05, 0) is 72.8 Å². The summed E-state index contributed by atoms with van der Waals surface area (Å²) in [5.74, 6) is -4.40. The normalized spacial score (nSPS) is 12.5. The van der Waals surface area contributed by atoms with E-state index < -0.39 is 35.4 Å². The van der Waals surface area contributed by atoms with Gasteiger partial charge in [0, 0.05) is 21.7 Å². The quantitative estimate of drug-likeness (QED) is 0.209. The minimum absolute atomic E-state index is 0. The van der Waals surface area contributed by atoms with Gasteiger partial charge in [0.25, 0.3) is 0 Å². The molecule has 41 heavy (non-hydrogen) atoms. The molecule has 0 radical (unpaired) electrons. The van der Waals surface area contributed by atoms with Crippen LogP contribution >= 0.6 is 0 Å². The summed E-state index contributed by atoms with van der Waals surface area (Å²) in [4.78, 5) is 30.6. The molecular formula is C31H30F3O6Ti-. The van der Waals surface area contributed by atoms with E-state index in [0.29, 0.717) is 0 Å². The Morgan fingerprint density at radius 1 is 0.585 bits per heavy atom. The Morgan fingerprint density at radius 3 is 0.951 bits per heavy atom. The first-order chi connectivity index (χ1) is 18.5. The number of carboxylic acids is 3. The fourth-order valence-electron chi connectivity index (χ4n) is 3.18. The Kier molecular flexibility index (Phi) is 15.4. The van der Waals surface area contributed by atoms with Crippen molar-refractivity contribution in [3.8, 4) is 0 Å². The molecule has 1 aliphatic rings. The second-order valence-electron chi connectivity index (χ2n) is 9.06. The molecule has 0 saturated carbocycles. The third-order valence-electron chi connectivity index (χ3n) is 5.84. The molecule has 0 bridgehead atoms. The summed E-state index contributed by atoms with van der Waals surface area (Å²) in [7, 11) is 0. The largest absolute Gasteiger partial charge is 0.478 e. The molecule has 6 nitrogen and oxygen atoms in total. The van der Waals surface area contributed by atoms with Crippen LogP contribution in [0.15, 0.2) is 89.5 Å². The monoisotopic (exact) mass is 603 g/mol. The van der Waals surface area contributed by atoms with Crippen LogP contribution in [0.1, 0.15) is 65.7 Å². The van der Waals surface area contributed by atoms with Crippen molar-refractivity contribution < 1.29 is 64.6 Å². The first-order valence-electron chi connectivity index (χ1n) is 11.8. The molecule has 4 rings (SSSR count). The van der Waals surface area contributed by atoms with Crippen molar-refractivity contribution in [1.82, 2.24) is 0 Å². The smallest absolute Gasteiger partial charge is 0.335 e. The number of halogens is 3. The van der Waals surface area contributed by atoms with Gasteiger partial charge in [-0.3, -0.25) is 6.08 Å². The van der Waals surface area contributed by atoms with Gasteiger partial charge in [-0.2, -0.15) is 11.1 Å². The van der Waals surface area contributed by atoms with E-state index in [2.05, 4.69) is 40.7 Å². The molecule has 0 heterocycles. The predicted octanol–water partition coefficient (Wildman–Crippen LogP) is 7.68. The van der Waals surface area contributed by atoms with Gasteiger partial charge in [0.2, 0.25) is 0 Å². The molecule has 0 aromatic heterocycles. The zero-order valence-corrected chi connectivity index (χ0v) is 24.7. The van der Waals surface area contributed by atoms with E-state index in [1.54, 1.807) is 0 Å². The van der Waals surface area contributed by atoms with Crippen LogP contribution in [0.2, 0.25) is 0 Å². The van der Waals surface area contributed by atoms with Crippen LogP contribution in [0.25, 0.3) is 0 Å². The van der Waals surface area contributed by atoms with E-state index in [1.165, 1.54) is 53.1 Å². The van der Waals surface area contributed by atoms with Gasteiger partial charge in [-0.1, -0.05) is 33.1 Å². The molecule has 0 spiro atoms. The van der Waals surface area contributed by atoms with Crippen LogP contribution in [-0.2, 0) is 21.7 Å². The summed E-state index contributed by atoms with van der Waals surface area (Å²) < 4.78 is 36.5. The maximum absolute atomic E-state index is 12.2. The van der Waals surface area contributed by atoms with Gasteiger partial charge < -0.3 is 15.3 Å². The van der Waals surface area contributed by atoms with E-state index in [9.17, 15) is 27.6 Å². The van der Waals surface area contributed by atoms with E-state index in [-0.39, 0.29) is 43.8 Å². The molecule has 10 heteroatoms. The van der Waals surface area contributed by atoms with Crippen molar-refractivity contribution in [3.63, 3.8) is 0 Å². The van der Waals surface area contributed by atoms with Crippen molar-refractivity contribution in [2.45, 2.75) is 34.6 Å². The van der Waals surface area contributed by atoms with E-state index in [0.717, 1.165) is 36.4 Å². The number of hydrogen-bond donors (Lipinski definition) is 3. The topological polar surface area (TPSA) is 112 Å². The number of carbonyl (C=O) groups is 3. The van der Waals surface area contributed by atoms with Crippen LogP contribution in [0.3, 0.4) is 0 Å². The molecule has 3 aromatic rings. The van der Waals surface area contributed by atoms with Crippen molar-refractivity contribution in [2.75, 3.05) is 0 Å². The molecule has 3 aromatic carbocycles. The molecule has 0 unspecified atom stereocenters. The fraction of sp³-hybridized carbons (Fsp3) is 0.194. The summed E-state index contributed by atoms with van der Waals surface area (Å²) >= 11 is 0. The molecule has 0 aliphatic heterocycles. The Bertz CT molecular complexity index is 1250. The van der Waals surface area contributed by atoms with Crippen LogP contribution in [0.4, 0.5) is 13.2 Å². The number of benzene rings is 3. The first-order valence-corrected chi connectivity index (χ1v) is 11.8. The second kappa shape index (κ2) is 17.0. The standard InChI is InChI=1S/C10H15.3C7H5FO2.Ti/c1-7-6-10(4,5)9(3)8(7)2;3*8-6-3-1-5(2-4-6)7(9)10;/h1-5H3;3*1-4H,(H,9,10);/q-1;;;;. The number of aromatic carboxylic acids is 3. The van der Waals surface area contributed by atoms with E-state index in [1.807, 2.05) is 0 Å². The summed E-state index contributed by atoms with van der Waals surface area (Å²) in [5, 5.41) is 25.1. The summed E-state index contributed by atoms with van der Waals surface area (Å²) in [6, 6.07) is 14.0. The van der Waals surface area contributed by atoms with Gasteiger partial charge in [-0.15, -0.1) is 6.92 Å². The molecule has 0 amide bonds. The maximum atomic E-state index is 12.2. The number of hydrogen-bond acceptors (Lipinski definition) is 3. The Labute approximate surface area is 251 Å². The minimum atomic E-state index is -1.04. The molecule has 1 aliphatic carbocycles. The van der Waals surface area contributed by atoms with Crippen molar-refractivity contribution >= 4 is 17.9 Å². The number of rotatable bonds is 3. The molecule has 0 fully saturated rings. The SMILES string of the molecule is CC1=[C-]C(C)(C)C(C)=C1C.O=C(O)c1ccc(F)cc1.O=C(O)c1ccc(F)cc1.O=C(O)c1ccc(F)cc1.[Ti]. The predicted molar refractivity (Wildman–Crippen MR) is 145 cm³/mol. The van der Waals surface area contributed by atoms with Gasteiger partial charge in [-0.25, -0.2) is 33.1 Å². The van der Waals surface area contributed by atoms with Gasteiger partial charge in [0.05, 0.1) is 16.7 Å². The van der Waals surface area contributed by atoms with Crippen molar-refractivity contribution in [2.24, 2.45) is 5.41 Å². The van der Waals surface area contributed by atoms with Crippen LogP contribution < -0.4 is 0 Å². The summed E-state index contributed by atoms with van der Waals surface area (Å²) in [6.07, 6.45) is 3.44. The Hall–Kier alpha value is -3.95. The minimum Gasteiger partial charge on any atom is -0.478 e. The van der Waals surface area contributed by atoms with Crippen LogP contribution in [0.5, 0.6) is 0 Å². The first kappa shape index (κ1) is 37.1. The zero-order chi connectivity index (χ0) is 30.6. The summed E-state index contributed by atoms with van der Waals surface area (Å²) in [6.45, 7) is 10.9. The Balaban J connectivity index is 0.000000516. The van der Waals surface area contributed by atoms with E-state index in [4.69, 9.17) is 15.3 Å². The molecule has 216 valence electrons. The fourth-order valence-corrected chi connectivity index (χ4v) is 3.18. The number of carboxylic acid groups (broad SMARTS) is 3. The second-order valence-corrected chi connectivity index (χ2v) is 9.06. The third-order valence-corrected chi connectivity index (χ3v) is 5.84. The average Bonchev–Trinajstić information content (AvgIpc) is 3.07. The van der Waals surface area contributed by atoms with Crippen molar-refractivity contribution in [3.05, 3.63) is 130 Å². The van der Waals surface area contributed by atoms with Crippen LogP contribution in [-0.4, -0.2) is 33.2 Å². The average molecular weight is 603 g/mol. The number of allylic oxidation sites excluding steroid dienone is 4. The third kappa shape index (κ3) is 12.8. The van der Waals surface area contributed by atoms with E-state index >= 15 is 0 Å².